The lowest BCUT2D eigenvalue weighted by Gasteiger charge is -2.24. The van der Waals surface area contributed by atoms with E-state index in [4.69, 9.17) is 0 Å². The van der Waals surface area contributed by atoms with Gasteiger partial charge in [-0.15, -0.1) is 0 Å². The molecular weight excluding hydrogens is 436 g/mol. The third-order valence-corrected chi connectivity index (χ3v) is 5.21. The fraction of sp³-hybridized carbons (Fsp3) is 0.222. The van der Waals surface area contributed by atoms with Crippen molar-refractivity contribution in [3.63, 3.8) is 0 Å². The molecule has 2 amide bonds. The van der Waals surface area contributed by atoms with Gasteiger partial charge in [0.2, 0.25) is 5.91 Å². The van der Waals surface area contributed by atoms with Gasteiger partial charge in [0, 0.05) is 21.1 Å². The van der Waals surface area contributed by atoms with E-state index >= 15 is 0 Å². The van der Waals surface area contributed by atoms with E-state index in [1.54, 1.807) is 17.0 Å². The Morgan fingerprint density at radius 2 is 1.83 bits per heavy atom. The summed E-state index contributed by atoms with van der Waals surface area (Å²) in [5, 5.41) is 2.92. The molecule has 0 aliphatic carbocycles. The van der Waals surface area contributed by atoms with Gasteiger partial charge in [-0.2, -0.15) is 0 Å². The maximum atomic E-state index is 12.7. The van der Waals surface area contributed by atoms with Gasteiger partial charge in [-0.25, -0.2) is 0 Å². The van der Waals surface area contributed by atoms with E-state index in [9.17, 15) is 9.59 Å². The fourth-order valence-corrected chi connectivity index (χ4v) is 3.55. The van der Waals surface area contributed by atoms with Crippen LogP contribution in [0.3, 0.4) is 0 Å². The highest BCUT2D eigenvalue weighted by Crippen LogP contribution is 2.28. The minimum Gasteiger partial charge on any atom is -0.327 e. The van der Waals surface area contributed by atoms with Crippen molar-refractivity contribution < 1.29 is 9.59 Å². The van der Waals surface area contributed by atoms with Crippen LogP contribution in [0.1, 0.15) is 23.2 Å². The van der Waals surface area contributed by atoms with Gasteiger partial charge in [0.1, 0.15) is 6.04 Å². The summed E-state index contributed by atoms with van der Waals surface area (Å²) in [5.41, 5.74) is 1.30. The molecule has 0 spiro atoms. The van der Waals surface area contributed by atoms with E-state index in [-0.39, 0.29) is 11.8 Å². The highest BCUT2D eigenvalue weighted by Gasteiger charge is 2.34. The number of amides is 2. The van der Waals surface area contributed by atoms with Crippen LogP contribution in [-0.2, 0) is 4.79 Å². The smallest absolute Gasteiger partial charge is 0.254 e. The molecule has 0 radical (unpaired) electrons. The van der Waals surface area contributed by atoms with Gasteiger partial charge < -0.3 is 10.2 Å². The quantitative estimate of drug-likeness (QED) is 0.749. The second kappa shape index (κ2) is 7.49. The summed E-state index contributed by atoms with van der Waals surface area (Å²) in [6.45, 7) is 0.603. The Hall–Kier alpha value is -1.66. The first kappa shape index (κ1) is 17.2. The summed E-state index contributed by atoms with van der Waals surface area (Å²) in [4.78, 5) is 27.0. The van der Waals surface area contributed by atoms with Crippen molar-refractivity contribution in [2.75, 3.05) is 11.9 Å². The Bertz CT molecular complexity index is 765. The Kier molecular flexibility index (Phi) is 5.36. The first-order chi connectivity index (χ1) is 11.6. The molecule has 1 fully saturated rings. The molecule has 1 N–H and O–H groups in total. The fourth-order valence-electron chi connectivity index (χ4n) is 2.84. The monoisotopic (exact) mass is 450 g/mol. The van der Waals surface area contributed by atoms with Crippen molar-refractivity contribution in [1.82, 2.24) is 4.90 Å². The zero-order valence-electron chi connectivity index (χ0n) is 12.8. The van der Waals surface area contributed by atoms with Crippen LogP contribution in [0.2, 0.25) is 0 Å². The van der Waals surface area contributed by atoms with Crippen LogP contribution in [0.4, 0.5) is 5.69 Å². The van der Waals surface area contributed by atoms with Gasteiger partial charge in [0.25, 0.3) is 5.91 Å². The van der Waals surface area contributed by atoms with Crippen LogP contribution in [0.15, 0.2) is 57.5 Å². The van der Waals surface area contributed by atoms with E-state index in [1.807, 2.05) is 36.4 Å². The largest absolute Gasteiger partial charge is 0.327 e. The van der Waals surface area contributed by atoms with Crippen molar-refractivity contribution in [2.24, 2.45) is 0 Å². The van der Waals surface area contributed by atoms with E-state index in [1.165, 1.54) is 0 Å². The van der Waals surface area contributed by atoms with Gasteiger partial charge in [0.05, 0.1) is 5.69 Å². The van der Waals surface area contributed by atoms with E-state index < -0.39 is 6.04 Å². The number of nitrogens with zero attached hydrogens (tertiary/aromatic N) is 1. The summed E-state index contributed by atoms with van der Waals surface area (Å²) >= 11 is 6.83. The van der Waals surface area contributed by atoms with E-state index in [0.717, 1.165) is 15.4 Å². The molecule has 1 unspecified atom stereocenters. The minimum atomic E-state index is -0.441. The third kappa shape index (κ3) is 3.70. The number of hydrogen-bond donors (Lipinski definition) is 1. The third-order valence-electron chi connectivity index (χ3n) is 4.02. The maximum absolute atomic E-state index is 12.7. The Labute approximate surface area is 157 Å². The van der Waals surface area contributed by atoms with Gasteiger partial charge in [-0.1, -0.05) is 34.1 Å². The summed E-state index contributed by atoms with van der Waals surface area (Å²) in [7, 11) is 0. The summed E-state index contributed by atoms with van der Waals surface area (Å²) < 4.78 is 1.68. The average Bonchev–Trinajstić information content (AvgIpc) is 3.08. The van der Waals surface area contributed by atoms with Gasteiger partial charge in [-0.05, 0) is 59.1 Å². The molecule has 1 heterocycles. The zero-order chi connectivity index (χ0) is 17.1. The molecule has 6 heteroatoms. The molecule has 0 saturated carbocycles. The molecule has 0 bridgehead atoms. The molecule has 2 aromatic rings. The second-order valence-electron chi connectivity index (χ2n) is 5.64. The van der Waals surface area contributed by atoms with Crippen molar-refractivity contribution in [1.29, 1.82) is 0 Å². The topological polar surface area (TPSA) is 49.4 Å². The standard InChI is InChI=1S/C18H16Br2N2O2/c19-13-8-9-14(20)15(11-13)21-17(23)16-7-4-10-22(16)18(24)12-5-2-1-3-6-12/h1-3,5-6,8-9,11,16H,4,7,10H2,(H,21,23). The van der Waals surface area contributed by atoms with Crippen molar-refractivity contribution in [3.05, 3.63) is 63.0 Å². The van der Waals surface area contributed by atoms with Gasteiger partial charge in [0.15, 0.2) is 0 Å². The lowest BCUT2D eigenvalue weighted by atomic mass is 10.1. The first-order valence-electron chi connectivity index (χ1n) is 7.68. The predicted molar refractivity (Wildman–Crippen MR) is 101 cm³/mol. The lowest BCUT2D eigenvalue weighted by molar-refractivity contribution is -0.119. The molecule has 1 aliphatic heterocycles. The first-order valence-corrected chi connectivity index (χ1v) is 9.27. The van der Waals surface area contributed by atoms with Crippen LogP contribution in [0.5, 0.6) is 0 Å². The summed E-state index contributed by atoms with van der Waals surface area (Å²) in [6, 6.07) is 14.2. The molecule has 1 aliphatic rings. The van der Waals surface area contributed by atoms with Crippen molar-refractivity contribution in [2.45, 2.75) is 18.9 Å². The molecule has 3 rings (SSSR count). The predicted octanol–water partition coefficient (Wildman–Crippen LogP) is 4.45. The molecule has 2 aromatic carbocycles. The lowest BCUT2D eigenvalue weighted by Crippen LogP contribution is -2.43. The molecule has 1 saturated heterocycles. The number of likely N-dealkylation sites (tertiary alicyclic amines) is 1. The number of hydrogen-bond acceptors (Lipinski definition) is 2. The number of benzene rings is 2. The highest BCUT2D eigenvalue weighted by atomic mass is 79.9. The van der Waals surface area contributed by atoms with Crippen LogP contribution in [-0.4, -0.2) is 29.3 Å². The molecule has 4 nitrogen and oxygen atoms in total. The summed E-state index contributed by atoms with van der Waals surface area (Å²) in [5.74, 6) is -0.253. The van der Waals surface area contributed by atoms with Crippen LogP contribution >= 0.6 is 31.9 Å². The number of carbonyl (C=O) groups is 2. The summed E-state index contributed by atoms with van der Waals surface area (Å²) in [6.07, 6.45) is 1.51. The number of anilines is 1. The molecule has 24 heavy (non-hydrogen) atoms. The van der Waals surface area contributed by atoms with Crippen molar-refractivity contribution >= 4 is 49.4 Å². The minimum absolute atomic E-state index is 0.0958. The van der Waals surface area contributed by atoms with Crippen LogP contribution < -0.4 is 5.32 Å². The number of nitrogens with one attached hydrogen (secondary N) is 1. The number of rotatable bonds is 3. The SMILES string of the molecule is O=C(Nc1cc(Br)ccc1Br)C1CCCN1C(=O)c1ccccc1. The van der Waals surface area contributed by atoms with Gasteiger partial charge in [-0.3, -0.25) is 9.59 Å². The number of carbonyl (C=O) groups excluding carboxylic acids is 2. The van der Waals surface area contributed by atoms with Crippen molar-refractivity contribution in [3.8, 4) is 0 Å². The molecule has 0 aromatic heterocycles. The Balaban J connectivity index is 1.76. The molecule has 1 atom stereocenters. The average molecular weight is 452 g/mol. The van der Waals surface area contributed by atoms with E-state index in [2.05, 4.69) is 37.2 Å². The van der Waals surface area contributed by atoms with Gasteiger partial charge >= 0.3 is 0 Å². The maximum Gasteiger partial charge on any atom is 0.254 e. The second-order valence-corrected chi connectivity index (χ2v) is 7.41. The van der Waals surface area contributed by atoms with Crippen LogP contribution in [0.25, 0.3) is 0 Å². The van der Waals surface area contributed by atoms with E-state index in [0.29, 0.717) is 24.2 Å². The molecular formula is C18H16Br2N2O2. The molecule has 124 valence electrons. The Morgan fingerprint density at radius 1 is 1.08 bits per heavy atom. The Morgan fingerprint density at radius 3 is 2.58 bits per heavy atom. The zero-order valence-corrected chi connectivity index (χ0v) is 16.0. The normalized spacial score (nSPS) is 16.9. The highest BCUT2D eigenvalue weighted by molar-refractivity contribution is 9.11. The van der Waals surface area contributed by atoms with Crippen LogP contribution in [0, 0.1) is 0 Å². The number of halogens is 2.